The Kier molecular flexibility index (Phi) is 4.98. The number of hydrogen-bond donors (Lipinski definition) is 1. The first-order valence-electron chi connectivity index (χ1n) is 7.01. The third kappa shape index (κ3) is 4.43. The zero-order valence-electron chi connectivity index (χ0n) is 12.7. The molecule has 2 rings (SSSR count). The van der Waals surface area contributed by atoms with Crippen molar-refractivity contribution in [2.45, 2.75) is 24.7 Å². The minimum atomic E-state index is -3.27. The van der Waals surface area contributed by atoms with Crippen molar-refractivity contribution in [3.05, 3.63) is 59.7 Å². The summed E-state index contributed by atoms with van der Waals surface area (Å²) in [6.45, 7) is 2.02. The highest BCUT2D eigenvalue weighted by Gasteiger charge is 2.09. The van der Waals surface area contributed by atoms with E-state index in [-0.39, 0.29) is 10.8 Å². The molecule has 0 unspecified atom stereocenters. The Morgan fingerprint density at radius 1 is 1.09 bits per heavy atom. The second kappa shape index (κ2) is 6.75. The van der Waals surface area contributed by atoms with E-state index in [1.54, 1.807) is 12.1 Å². The van der Waals surface area contributed by atoms with E-state index in [1.807, 2.05) is 31.2 Å². The molecule has 0 atom stereocenters. The number of carbonyl (C=O) groups excluding carboxylic acids is 1. The van der Waals surface area contributed by atoms with E-state index in [2.05, 4.69) is 5.32 Å². The van der Waals surface area contributed by atoms with Crippen molar-refractivity contribution in [2.75, 3.05) is 11.6 Å². The Labute approximate surface area is 131 Å². The molecule has 0 saturated heterocycles. The highest BCUT2D eigenvalue weighted by Crippen LogP contribution is 2.16. The lowest BCUT2D eigenvalue weighted by Gasteiger charge is -2.08. The number of anilines is 1. The van der Waals surface area contributed by atoms with Crippen LogP contribution in [0.2, 0.25) is 0 Å². The average molecular weight is 317 g/mol. The van der Waals surface area contributed by atoms with Gasteiger partial charge in [0.2, 0.25) is 5.91 Å². The van der Waals surface area contributed by atoms with Gasteiger partial charge in [0.05, 0.1) is 4.90 Å². The molecule has 0 aliphatic rings. The minimum Gasteiger partial charge on any atom is -0.326 e. The molecular formula is C17H19NO3S. The molecule has 0 saturated carbocycles. The average Bonchev–Trinajstić information content (AvgIpc) is 2.46. The summed E-state index contributed by atoms with van der Waals surface area (Å²) in [4.78, 5) is 12.2. The van der Waals surface area contributed by atoms with Crippen molar-refractivity contribution in [1.82, 2.24) is 0 Å². The maximum absolute atomic E-state index is 12.0. The minimum absolute atomic E-state index is 0.131. The zero-order chi connectivity index (χ0) is 16.2. The van der Waals surface area contributed by atoms with Gasteiger partial charge in [0.1, 0.15) is 0 Å². The first kappa shape index (κ1) is 16.2. The number of hydrogen-bond acceptors (Lipinski definition) is 3. The summed E-state index contributed by atoms with van der Waals surface area (Å²) in [6, 6.07) is 14.2. The topological polar surface area (TPSA) is 63.2 Å². The van der Waals surface area contributed by atoms with E-state index in [0.29, 0.717) is 18.5 Å². The van der Waals surface area contributed by atoms with Crippen LogP contribution in [0.5, 0.6) is 0 Å². The molecule has 4 nitrogen and oxygen atoms in total. The number of aryl methyl sites for hydroxylation is 2. The number of carbonyl (C=O) groups is 1. The largest absolute Gasteiger partial charge is 0.326 e. The number of benzene rings is 2. The van der Waals surface area contributed by atoms with E-state index >= 15 is 0 Å². The van der Waals surface area contributed by atoms with Gasteiger partial charge in [-0.25, -0.2) is 8.42 Å². The lowest BCUT2D eigenvalue weighted by Crippen LogP contribution is -2.13. The molecule has 0 radical (unpaired) electrons. The predicted octanol–water partition coefficient (Wildman–Crippen LogP) is 2.97. The van der Waals surface area contributed by atoms with Crippen LogP contribution >= 0.6 is 0 Å². The Bertz CT molecular complexity index is 782. The zero-order valence-corrected chi connectivity index (χ0v) is 13.5. The van der Waals surface area contributed by atoms with Gasteiger partial charge >= 0.3 is 0 Å². The second-order valence-corrected chi connectivity index (χ2v) is 7.29. The van der Waals surface area contributed by atoms with Gasteiger partial charge in [-0.3, -0.25) is 4.79 Å². The van der Waals surface area contributed by atoms with Gasteiger partial charge < -0.3 is 5.32 Å². The van der Waals surface area contributed by atoms with Crippen LogP contribution < -0.4 is 5.32 Å². The molecule has 0 spiro atoms. The van der Waals surface area contributed by atoms with Gasteiger partial charge in [-0.05, 0) is 42.7 Å². The first-order valence-corrected chi connectivity index (χ1v) is 8.90. The number of amides is 1. The summed E-state index contributed by atoms with van der Waals surface area (Å²) in [5.74, 6) is -0.131. The lowest BCUT2D eigenvalue weighted by atomic mass is 10.0. The van der Waals surface area contributed by atoms with Gasteiger partial charge in [0.15, 0.2) is 9.84 Å². The van der Waals surface area contributed by atoms with E-state index in [1.165, 1.54) is 12.1 Å². The predicted molar refractivity (Wildman–Crippen MR) is 87.7 cm³/mol. The SMILES string of the molecule is Cc1ccccc1CCC(=O)Nc1cccc(S(C)(=O)=O)c1. The van der Waals surface area contributed by atoms with Crippen molar-refractivity contribution < 1.29 is 13.2 Å². The normalized spacial score (nSPS) is 11.2. The number of sulfone groups is 1. The third-order valence-electron chi connectivity index (χ3n) is 3.43. The van der Waals surface area contributed by atoms with E-state index in [4.69, 9.17) is 0 Å². The van der Waals surface area contributed by atoms with Gasteiger partial charge in [-0.2, -0.15) is 0 Å². The highest BCUT2D eigenvalue weighted by atomic mass is 32.2. The van der Waals surface area contributed by atoms with Gasteiger partial charge in [-0.15, -0.1) is 0 Å². The Morgan fingerprint density at radius 2 is 1.82 bits per heavy atom. The van der Waals surface area contributed by atoms with Crippen molar-refractivity contribution in [2.24, 2.45) is 0 Å². The highest BCUT2D eigenvalue weighted by molar-refractivity contribution is 7.90. The van der Waals surface area contributed by atoms with Crippen LogP contribution in [-0.2, 0) is 21.1 Å². The Morgan fingerprint density at radius 3 is 2.50 bits per heavy atom. The molecular weight excluding hydrogens is 298 g/mol. The molecule has 0 aromatic heterocycles. The standard InChI is InChI=1S/C17H19NO3S/c1-13-6-3-4-7-14(13)10-11-17(19)18-15-8-5-9-16(12-15)22(2,20)21/h3-9,12H,10-11H2,1-2H3,(H,18,19). The fourth-order valence-corrected chi connectivity index (χ4v) is 2.83. The monoisotopic (exact) mass is 317 g/mol. The fourth-order valence-electron chi connectivity index (χ4n) is 2.17. The maximum atomic E-state index is 12.0. The van der Waals surface area contributed by atoms with Crippen LogP contribution in [0, 0.1) is 6.92 Å². The van der Waals surface area contributed by atoms with Gasteiger partial charge in [0.25, 0.3) is 0 Å². The quantitative estimate of drug-likeness (QED) is 0.922. The Balaban J connectivity index is 2.00. The molecule has 1 N–H and O–H groups in total. The summed E-state index contributed by atoms with van der Waals surface area (Å²) < 4.78 is 23.0. The summed E-state index contributed by atoms with van der Waals surface area (Å²) in [5, 5.41) is 2.74. The molecule has 2 aromatic carbocycles. The van der Waals surface area contributed by atoms with E-state index < -0.39 is 9.84 Å². The van der Waals surface area contributed by atoms with Gasteiger partial charge in [-0.1, -0.05) is 30.3 Å². The maximum Gasteiger partial charge on any atom is 0.224 e. The molecule has 0 heterocycles. The fraction of sp³-hybridized carbons (Fsp3) is 0.235. The molecule has 2 aromatic rings. The molecule has 116 valence electrons. The summed E-state index contributed by atoms with van der Waals surface area (Å²) in [5.41, 5.74) is 2.80. The summed E-state index contributed by atoms with van der Waals surface area (Å²) in [7, 11) is -3.27. The van der Waals surface area contributed by atoms with Crippen LogP contribution in [0.25, 0.3) is 0 Å². The lowest BCUT2D eigenvalue weighted by molar-refractivity contribution is -0.116. The Hall–Kier alpha value is -2.14. The molecule has 1 amide bonds. The van der Waals surface area contributed by atoms with E-state index in [0.717, 1.165) is 17.4 Å². The third-order valence-corrected chi connectivity index (χ3v) is 4.54. The van der Waals surface area contributed by atoms with Crippen LogP contribution in [0.4, 0.5) is 5.69 Å². The number of rotatable bonds is 5. The van der Waals surface area contributed by atoms with E-state index in [9.17, 15) is 13.2 Å². The summed E-state index contributed by atoms with van der Waals surface area (Å²) >= 11 is 0. The van der Waals surface area contributed by atoms with Crippen molar-refractivity contribution >= 4 is 21.4 Å². The second-order valence-electron chi connectivity index (χ2n) is 5.27. The first-order chi connectivity index (χ1) is 10.4. The van der Waals surface area contributed by atoms with Crippen molar-refractivity contribution in [1.29, 1.82) is 0 Å². The van der Waals surface area contributed by atoms with Crippen LogP contribution in [-0.4, -0.2) is 20.6 Å². The molecule has 0 aliphatic carbocycles. The van der Waals surface area contributed by atoms with Crippen LogP contribution in [0.1, 0.15) is 17.5 Å². The molecule has 0 bridgehead atoms. The van der Waals surface area contributed by atoms with Crippen molar-refractivity contribution in [3.8, 4) is 0 Å². The summed E-state index contributed by atoms with van der Waals surface area (Å²) in [6.07, 6.45) is 2.16. The molecule has 0 fully saturated rings. The van der Waals surface area contributed by atoms with Crippen LogP contribution in [0.3, 0.4) is 0 Å². The number of nitrogens with one attached hydrogen (secondary N) is 1. The smallest absolute Gasteiger partial charge is 0.224 e. The van der Waals surface area contributed by atoms with Gasteiger partial charge in [0, 0.05) is 18.4 Å². The molecule has 0 aliphatic heterocycles. The molecule has 5 heteroatoms. The van der Waals surface area contributed by atoms with Crippen LogP contribution in [0.15, 0.2) is 53.4 Å². The van der Waals surface area contributed by atoms with Crippen molar-refractivity contribution in [3.63, 3.8) is 0 Å². The molecule has 22 heavy (non-hydrogen) atoms.